The first-order valence-electron chi connectivity index (χ1n) is 5.18. The predicted molar refractivity (Wildman–Crippen MR) is 60.5 cm³/mol. The van der Waals surface area contributed by atoms with Crippen LogP contribution in [-0.4, -0.2) is 30.1 Å². The number of hydrogen-bond donors (Lipinski definition) is 2. The van der Waals surface area contributed by atoms with Gasteiger partial charge in [0.15, 0.2) is 5.43 Å². The Morgan fingerprint density at radius 2 is 2.31 bits per heavy atom. The first kappa shape index (κ1) is 12.4. The SMILES string of the molecule is CC(C)OCCNC(=O)c1c[nH]ccc1=O. The molecule has 1 heterocycles. The second-order valence-corrected chi connectivity index (χ2v) is 3.60. The minimum atomic E-state index is -0.380. The molecule has 0 fully saturated rings. The molecule has 0 aliphatic carbocycles. The van der Waals surface area contributed by atoms with Crippen LogP contribution in [0.3, 0.4) is 0 Å². The van der Waals surface area contributed by atoms with Crippen LogP contribution in [0.4, 0.5) is 0 Å². The van der Waals surface area contributed by atoms with Gasteiger partial charge in [-0.25, -0.2) is 0 Å². The second kappa shape index (κ2) is 6.07. The molecule has 0 aromatic carbocycles. The Morgan fingerprint density at radius 3 is 2.94 bits per heavy atom. The predicted octanol–water partition coefficient (Wildman–Crippen LogP) is 0.530. The van der Waals surface area contributed by atoms with Crippen molar-refractivity contribution in [3.8, 4) is 0 Å². The van der Waals surface area contributed by atoms with Gasteiger partial charge in [-0.2, -0.15) is 0 Å². The third-order valence-electron chi connectivity index (χ3n) is 1.91. The maximum atomic E-state index is 11.5. The van der Waals surface area contributed by atoms with Crippen molar-refractivity contribution in [3.05, 3.63) is 34.2 Å². The Hall–Kier alpha value is -1.62. The summed E-state index contributed by atoms with van der Waals surface area (Å²) >= 11 is 0. The van der Waals surface area contributed by atoms with Gasteiger partial charge < -0.3 is 15.0 Å². The van der Waals surface area contributed by atoms with E-state index in [0.717, 1.165) is 0 Å². The fourth-order valence-electron chi connectivity index (χ4n) is 1.15. The number of ether oxygens (including phenoxy) is 1. The maximum absolute atomic E-state index is 11.5. The average molecular weight is 224 g/mol. The van der Waals surface area contributed by atoms with Crippen LogP contribution < -0.4 is 10.7 Å². The van der Waals surface area contributed by atoms with Crippen LogP contribution in [0.5, 0.6) is 0 Å². The molecule has 1 aromatic rings. The van der Waals surface area contributed by atoms with Crippen LogP contribution in [0.2, 0.25) is 0 Å². The van der Waals surface area contributed by atoms with Crippen molar-refractivity contribution in [1.82, 2.24) is 10.3 Å². The first-order chi connectivity index (χ1) is 7.61. The number of carbonyl (C=O) groups is 1. The molecular formula is C11H16N2O3. The number of carbonyl (C=O) groups excluding carboxylic acids is 1. The van der Waals surface area contributed by atoms with Crippen LogP contribution in [0.25, 0.3) is 0 Å². The molecule has 2 N–H and O–H groups in total. The molecule has 0 bridgehead atoms. The maximum Gasteiger partial charge on any atom is 0.256 e. The number of aromatic amines is 1. The summed E-state index contributed by atoms with van der Waals surface area (Å²) in [6.07, 6.45) is 3.01. The lowest BCUT2D eigenvalue weighted by Crippen LogP contribution is -2.31. The van der Waals surface area contributed by atoms with Gasteiger partial charge in [-0.3, -0.25) is 9.59 Å². The monoisotopic (exact) mass is 224 g/mol. The van der Waals surface area contributed by atoms with Crippen molar-refractivity contribution in [3.63, 3.8) is 0 Å². The van der Waals surface area contributed by atoms with Crippen LogP contribution >= 0.6 is 0 Å². The van der Waals surface area contributed by atoms with Gasteiger partial charge in [0.25, 0.3) is 5.91 Å². The van der Waals surface area contributed by atoms with Crippen molar-refractivity contribution in [2.45, 2.75) is 20.0 Å². The van der Waals surface area contributed by atoms with Gasteiger partial charge in [0.05, 0.1) is 12.7 Å². The van der Waals surface area contributed by atoms with Crippen LogP contribution in [0.15, 0.2) is 23.3 Å². The number of aromatic nitrogens is 1. The van der Waals surface area contributed by atoms with Gasteiger partial charge >= 0.3 is 0 Å². The number of H-pyrrole nitrogens is 1. The highest BCUT2D eigenvalue weighted by atomic mass is 16.5. The third kappa shape index (κ3) is 3.86. The standard InChI is InChI=1S/C11H16N2O3/c1-8(2)16-6-5-13-11(15)9-7-12-4-3-10(9)14/h3-4,7-8H,5-6H2,1-2H3,(H,12,14)(H,13,15). The minimum Gasteiger partial charge on any atom is -0.377 e. The summed E-state index contributed by atoms with van der Waals surface area (Å²) in [5, 5.41) is 2.61. The minimum absolute atomic E-state index is 0.118. The van der Waals surface area contributed by atoms with Gasteiger partial charge in [0.2, 0.25) is 0 Å². The topological polar surface area (TPSA) is 71.2 Å². The van der Waals surface area contributed by atoms with E-state index in [4.69, 9.17) is 4.74 Å². The Kier molecular flexibility index (Phi) is 4.72. The Morgan fingerprint density at radius 1 is 1.56 bits per heavy atom. The Labute approximate surface area is 93.8 Å². The molecule has 1 rings (SSSR count). The number of pyridine rings is 1. The number of hydrogen-bond acceptors (Lipinski definition) is 3. The molecule has 5 heteroatoms. The molecule has 1 aromatic heterocycles. The van der Waals surface area contributed by atoms with E-state index in [0.29, 0.717) is 13.2 Å². The summed E-state index contributed by atoms with van der Waals surface area (Å²) < 4.78 is 5.26. The van der Waals surface area contributed by atoms with E-state index in [9.17, 15) is 9.59 Å². The quantitative estimate of drug-likeness (QED) is 0.717. The molecule has 0 atom stereocenters. The van der Waals surface area contributed by atoms with E-state index < -0.39 is 0 Å². The summed E-state index contributed by atoms with van der Waals surface area (Å²) in [5.41, 5.74) is -0.173. The number of rotatable bonds is 5. The highest BCUT2D eigenvalue weighted by Crippen LogP contribution is 1.89. The van der Waals surface area contributed by atoms with Crippen molar-refractivity contribution in [1.29, 1.82) is 0 Å². The smallest absolute Gasteiger partial charge is 0.256 e. The molecule has 1 amide bonds. The third-order valence-corrected chi connectivity index (χ3v) is 1.91. The van der Waals surface area contributed by atoms with E-state index in [2.05, 4.69) is 10.3 Å². The van der Waals surface area contributed by atoms with Crippen molar-refractivity contribution >= 4 is 5.91 Å². The van der Waals surface area contributed by atoms with Gasteiger partial charge in [-0.1, -0.05) is 0 Å². The lowest BCUT2D eigenvalue weighted by atomic mass is 10.2. The fourth-order valence-corrected chi connectivity index (χ4v) is 1.15. The molecule has 16 heavy (non-hydrogen) atoms. The molecule has 0 unspecified atom stereocenters. The van der Waals surface area contributed by atoms with Gasteiger partial charge in [-0.05, 0) is 13.8 Å². The van der Waals surface area contributed by atoms with E-state index in [1.54, 1.807) is 0 Å². The van der Waals surface area contributed by atoms with Gasteiger partial charge in [0.1, 0.15) is 5.56 Å². The highest BCUT2D eigenvalue weighted by Gasteiger charge is 2.08. The van der Waals surface area contributed by atoms with Crippen LogP contribution in [0, 0.1) is 0 Å². The Balaban J connectivity index is 2.42. The average Bonchev–Trinajstić information content (AvgIpc) is 2.24. The molecular weight excluding hydrogens is 208 g/mol. The zero-order chi connectivity index (χ0) is 12.0. The highest BCUT2D eigenvalue weighted by molar-refractivity contribution is 5.93. The molecule has 0 aliphatic heterocycles. The summed E-state index contributed by atoms with van der Waals surface area (Å²) in [7, 11) is 0. The molecule has 0 saturated heterocycles. The van der Waals surface area contributed by atoms with E-state index >= 15 is 0 Å². The molecule has 0 aliphatic rings. The van der Waals surface area contributed by atoms with E-state index in [-0.39, 0.29) is 23.0 Å². The first-order valence-corrected chi connectivity index (χ1v) is 5.18. The van der Waals surface area contributed by atoms with Crippen molar-refractivity contribution < 1.29 is 9.53 Å². The largest absolute Gasteiger partial charge is 0.377 e. The van der Waals surface area contributed by atoms with Crippen LogP contribution in [-0.2, 0) is 4.74 Å². The summed E-state index contributed by atoms with van der Waals surface area (Å²) in [4.78, 5) is 25.5. The fraction of sp³-hybridized carbons (Fsp3) is 0.455. The van der Waals surface area contributed by atoms with E-state index in [1.807, 2.05) is 13.8 Å². The zero-order valence-corrected chi connectivity index (χ0v) is 9.45. The molecule has 88 valence electrons. The molecule has 0 spiro atoms. The van der Waals surface area contributed by atoms with Crippen molar-refractivity contribution in [2.24, 2.45) is 0 Å². The zero-order valence-electron chi connectivity index (χ0n) is 9.45. The molecule has 0 radical (unpaired) electrons. The molecule has 5 nitrogen and oxygen atoms in total. The summed E-state index contributed by atoms with van der Waals surface area (Å²) in [6.45, 7) is 4.67. The van der Waals surface area contributed by atoms with Crippen molar-refractivity contribution in [2.75, 3.05) is 13.2 Å². The van der Waals surface area contributed by atoms with Crippen LogP contribution in [0.1, 0.15) is 24.2 Å². The normalized spacial score (nSPS) is 10.4. The van der Waals surface area contributed by atoms with Gasteiger partial charge in [-0.15, -0.1) is 0 Å². The van der Waals surface area contributed by atoms with E-state index in [1.165, 1.54) is 18.5 Å². The number of amides is 1. The Bertz CT molecular complexity index is 398. The van der Waals surface area contributed by atoms with Gasteiger partial charge in [0, 0.05) is 25.0 Å². The lowest BCUT2D eigenvalue weighted by Gasteiger charge is -2.08. The lowest BCUT2D eigenvalue weighted by molar-refractivity contribution is 0.0746. The second-order valence-electron chi connectivity index (χ2n) is 3.60. The number of nitrogens with one attached hydrogen (secondary N) is 2. The summed E-state index contributed by atoms with van der Waals surface area (Å²) in [5.74, 6) is -0.380. The molecule has 0 saturated carbocycles. The summed E-state index contributed by atoms with van der Waals surface area (Å²) in [6, 6.07) is 1.32.